The number of nitrogens with zero attached hydrogens (tertiary/aromatic N) is 2. The predicted octanol–water partition coefficient (Wildman–Crippen LogP) is 4.11. The molecule has 1 aromatic heterocycles. The Hall–Kier alpha value is -2.43. The van der Waals surface area contributed by atoms with Crippen LogP contribution in [0.15, 0.2) is 24.3 Å². The van der Waals surface area contributed by atoms with Crippen LogP contribution in [0.2, 0.25) is 0 Å². The largest absolute Gasteiger partial charge is 0.370 e. The van der Waals surface area contributed by atoms with E-state index in [-0.39, 0.29) is 5.91 Å². The van der Waals surface area contributed by atoms with Crippen LogP contribution in [-0.4, -0.2) is 22.4 Å². The van der Waals surface area contributed by atoms with Gasteiger partial charge in [-0.25, -0.2) is 9.97 Å². The van der Waals surface area contributed by atoms with Crippen molar-refractivity contribution in [2.45, 2.75) is 41.0 Å². The molecule has 0 radical (unpaired) electrons. The monoisotopic (exact) mass is 326 g/mol. The minimum Gasteiger partial charge on any atom is -0.370 e. The fourth-order valence-electron chi connectivity index (χ4n) is 2.45. The lowest BCUT2D eigenvalue weighted by Gasteiger charge is -2.12. The van der Waals surface area contributed by atoms with E-state index in [1.54, 1.807) is 13.0 Å². The first-order valence-corrected chi connectivity index (χ1v) is 8.34. The Balaban J connectivity index is 2.15. The highest BCUT2D eigenvalue weighted by atomic mass is 16.1. The number of aromatic nitrogens is 2. The van der Waals surface area contributed by atoms with Crippen molar-refractivity contribution in [2.75, 3.05) is 17.2 Å². The van der Waals surface area contributed by atoms with E-state index in [1.165, 1.54) is 0 Å². The highest BCUT2D eigenvalue weighted by molar-refractivity contribution is 6.04. The molecule has 0 aliphatic rings. The van der Waals surface area contributed by atoms with Crippen molar-refractivity contribution in [3.63, 3.8) is 0 Å². The second kappa shape index (κ2) is 7.90. The Bertz CT molecular complexity index is 705. The van der Waals surface area contributed by atoms with E-state index in [2.05, 4.69) is 34.4 Å². The van der Waals surface area contributed by atoms with Crippen LogP contribution in [0.25, 0.3) is 0 Å². The fourth-order valence-corrected chi connectivity index (χ4v) is 2.45. The molecule has 5 heteroatoms. The van der Waals surface area contributed by atoms with E-state index < -0.39 is 0 Å². The number of carbonyl (C=O) groups is 1. The van der Waals surface area contributed by atoms with Gasteiger partial charge in [0.2, 0.25) is 0 Å². The molecule has 0 aliphatic carbocycles. The number of carbonyl (C=O) groups excluding carboxylic acids is 1. The van der Waals surface area contributed by atoms with Crippen LogP contribution in [0.4, 0.5) is 11.5 Å². The number of para-hydroxylation sites is 1. The summed E-state index contributed by atoms with van der Waals surface area (Å²) >= 11 is 0. The number of hydrogen-bond donors (Lipinski definition) is 2. The Kier molecular flexibility index (Phi) is 5.90. The maximum atomic E-state index is 12.6. The molecule has 0 fully saturated rings. The van der Waals surface area contributed by atoms with Gasteiger partial charge in [-0.2, -0.15) is 0 Å². The minimum atomic E-state index is -0.218. The third-order valence-corrected chi connectivity index (χ3v) is 3.82. The highest BCUT2D eigenvalue weighted by Gasteiger charge is 2.13. The average Bonchev–Trinajstić information content (AvgIpc) is 2.50. The SMILES string of the molecule is Cc1nc(NCCC(C)C)cc(C(=O)Nc2c(C)cccc2C)n1. The van der Waals surface area contributed by atoms with Gasteiger partial charge in [0.25, 0.3) is 5.91 Å². The quantitative estimate of drug-likeness (QED) is 0.838. The van der Waals surface area contributed by atoms with Crippen molar-refractivity contribution >= 4 is 17.4 Å². The van der Waals surface area contributed by atoms with E-state index in [9.17, 15) is 4.79 Å². The molecule has 1 aromatic carbocycles. The summed E-state index contributed by atoms with van der Waals surface area (Å²) in [6, 6.07) is 7.64. The summed E-state index contributed by atoms with van der Waals surface area (Å²) in [5, 5.41) is 6.23. The second-order valence-electron chi connectivity index (χ2n) is 6.52. The topological polar surface area (TPSA) is 66.9 Å². The second-order valence-corrected chi connectivity index (χ2v) is 6.52. The molecule has 2 N–H and O–H groups in total. The molecule has 2 rings (SSSR count). The van der Waals surface area contributed by atoms with E-state index in [4.69, 9.17) is 0 Å². The van der Waals surface area contributed by atoms with Gasteiger partial charge in [-0.1, -0.05) is 32.0 Å². The zero-order valence-electron chi connectivity index (χ0n) is 15.1. The standard InChI is InChI=1S/C19H26N4O/c1-12(2)9-10-20-17-11-16(21-15(5)22-17)19(24)23-18-13(3)7-6-8-14(18)4/h6-8,11-12H,9-10H2,1-5H3,(H,23,24)(H,20,21,22). The molecule has 0 unspecified atom stereocenters. The molecule has 0 saturated heterocycles. The van der Waals surface area contributed by atoms with Gasteiger partial charge in [0, 0.05) is 18.3 Å². The van der Waals surface area contributed by atoms with E-state index >= 15 is 0 Å². The lowest BCUT2D eigenvalue weighted by atomic mass is 10.1. The summed E-state index contributed by atoms with van der Waals surface area (Å²) in [5.41, 5.74) is 3.28. The van der Waals surface area contributed by atoms with E-state index in [0.717, 1.165) is 29.8 Å². The Morgan fingerprint density at radius 1 is 1.12 bits per heavy atom. The van der Waals surface area contributed by atoms with Gasteiger partial charge in [-0.15, -0.1) is 0 Å². The molecule has 0 bridgehead atoms. The summed E-state index contributed by atoms with van der Waals surface area (Å²) in [6.07, 6.45) is 1.05. The number of hydrogen-bond acceptors (Lipinski definition) is 4. The van der Waals surface area contributed by atoms with Crippen molar-refractivity contribution < 1.29 is 4.79 Å². The minimum absolute atomic E-state index is 0.218. The molecule has 2 aromatic rings. The molecule has 0 spiro atoms. The fraction of sp³-hybridized carbons (Fsp3) is 0.421. The molecule has 1 amide bonds. The Morgan fingerprint density at radius 2 is 1.79 bits per heavy atom. The van der Waals surface area contributed by atoms with Crippen molar-refractivity contribution in [3.05, 3.63) is 46.9 Å². The first-order valence-electron chi connectivity index (χ1n) is 8.34. The molecular weight excluding hydrogens is 300 g/mol. The van der Waals surface area contributed by atoms with Crippen molar-refractivity contribution in [1.82, 2.24) is 9.97 Å². The van der Waals surface area contributed by atoms with Crippen LogP contribution >= 0.6 is 0 Å². The summed E-state index contributed by atoms with van der Waals surface area (Å²) < 4.78 is 0. The molecule has 24 heavy (non-hydrogen) atoms. The molecule has 5 nitrogen and oxygen atoms in total. The van der Waals surface area contributed by atoms with Crippen LogP contribution in [0, 0.1) is 26.7 Å². The molecule has 128 valence electrons. The van der Waals surface area contributed by atoms with Gasteiger partial charge in [-0.05, 0) is 44.2 Å². The number of benzene rings is 1. The lowest BCUT2D eigenvalue weighted by Crippen LogP contribution is -2.17. The zero-order valence-corrected chi connectivity index (χ0v) is 15.1. The smallest absolute Gasteiger partial charge is 0.274 e. The normalized spacial score (nSPS) is 10.8. The Labute approximate surface area is 143 Å². The van der Waals surface area contributed by atoms with Crippen molar-refractivity contribution in [3.8, 4) is 0 Å². The first-order chi connectivity index (χ1) is 11.4. The van der Waals surface area contributed by atoms with Crippen LogP contribution in [0.1, 0.15) is 47.7 Å². The number of amides is 1. The maximum absolute atomic E-state index is 12.6. The molecule has 0 atom stereocenters. The van der Waals surface area contributed by atoms with Gasteiger partial charge < -0.3 is 10.6 Å². The van der Waals surface area contributed by atoms with Gasteiger partial charge in [0.1, 0.15) is 17.3 Å². The van der Waals surface area contributed by atoms with Crippen LogP contribution in [0.3, 0.4) is 0 Å². The van der Waals surface area contributed by atoms with E-state index in [0.29, 0.717) is 23.3 Å². The summed E-state index contributed by atoms with van der Waals surface area (Å²) in [6.45, 7) is 10.9. The van der Waals surface area contributed by atoms with E-state index in [1.807, 2.05) is 32.0 Å². The molecule has 0 saturated carbocycles. The summed E-state index contributed by atoms with van der Waals surface area (Å²) in [4.78, 5) is 21.2. The number of anilines is 2. The maximum Gasteiger partial charge on any atom is 0.274 e. The van der Waals surface area contributed by atoms with Gasteiger partial charge in [-0.3, -0.25) is 4.79 Å². The molecule has 1 heterocycles. The number of aryl methyl sites for hydroxylation is 3. The Morgan fingerprint density at radius 3 is 2.42 bits per heavy atom. The average molecular weight is 326 g/mol. The zero-order chi connectivity index (χ0) is 17.7. The van der Waals surface area contributed by atoms with Crippen LogP contribution in [-0.2, 0) is 0 Å². The lowest BCUT2D eigenvalue weighted by molar-refractivity contribution is 0.102. The molecule has 0 aliphatic heterocycles. The van der Waals surface area contributed by atoms with Gasteiger partial charge in [0.15, 0.2) is 0 Å². The highest BCUT2D eigenvalue weighted by Crippen LogP contribution is 2.20. The first kappa shape index (κ1) is 17.9. The van der Waals surface area contributed by atoms with Gasteiger partial charge >= 0.3 is 0 Å². The number of nitrogens with one attached hydrogen (secondary N) is 2. The van der Waals surface area contributed by atoms with Crippen LogP contribution < -0.4 is 10.6 Å². The summed E-state index contributed by atoms with van der Waals surface area (Å²) in [7, 11) is 0. The molecular formula is C19H26N4O. The number of rotatable bonds is 6. The van der Waals surface area contributed by atoms with Crippen LogP contribution in [0.5, 0.6) is 0 Å². The summed E-state index contributed by atoms with van der Waals surface area (Å²) in [5.74, 6) is 1.67. The van der Waals surface area contributed by atoms with Crippen molar-refractivity contribution in [2.24, 2.45) is 5.92 Å². The van der Waals surface area contributed by atoms with Crippen molar-refractivity contribution in [1.29, 1.82) is 0 Å². The third kappa shape index (κ3) is 4.78. The third-order valence-electron chi connectivity index (χ3n) is 3.82. The predicted molar refractivity (Wildman–Crippen MR) is 98.6 cm³/mol. The van der Waals surface area contributed by atoms with Gasteiger partial charge in [0.05, 0.1) is 0 Å².